The van der Waals surface area contributed by atoms with Crippen molar-refractivity contribution in [3.05, 3.63) is 11.8 Å². The molecular weight excluding hydrogens is 426 g/mol. The van der Waals surface area contributed by atoms with Crippen molar-refractivity contribution in [2.24, 2.45) is 5.41 Å². The van der Waals surface area contributed by atoms with Crippen molar-refractivity contribution in [3.63, 3.8) is 0 Å². The Morgan fingerprint density at radius 1 is 1.16 bits per heavy atom. The summed E-state index contributed by atoms with van der Waals surface area (Å²) in [6.07, 6.45) is 6.69. The molecule has 0 saturated carbocycles. The largest absolute Gasteiger partial charge is 0.513 e. The molecular formula is C24H42N3O4S+. The van der Waals surface area contributed by atoms with Crippen LogP contribution in [0, 0.1) is 5.41 Å². The minimum absolute atomic E-state index is 0.271. The van der Waals surface area contributed by atoms with Crippen LogP contribution in [-0.4, -0.2) is 58.0 Å². The van der Waals surface area contributed by atoms with Gasteiger partial charge in [0.15, 0.2) is 0 Å². The lowest BCUT2D eigenvalue weighted by Gasteiger charge is -2.47. The molecule has 2 heterocycles. The fourth-order valence-corrected chi connectivity index (χ4v) is 4.74. The van der Waals surface area contributed by atoms with E-state index >= 15 is 0 Å². The summed E-state index contributed by atoms with van der Waals surface area (Å²) in [5.41, 5.74) is 1.05. The van der Waals surface area contributed by atoms with Gasteiger partial charge in [0.05, 0.1) is 37.3 Å². The average molecular weight is 469 g/mol. The molecule has 0 spiro atoms. The maximum Gasteiger partial charge on any atom is 0.513 e. The second kappa shape index (κ2) is 11.0. The van der Waals surface area contributed by atoms with Crippen molar-refractivity contribution in [1.29, 1.82) is 0 Å². The van der Waals surface area contributed by atoms with Gasteiger partial charge in [0.1, 0.15) is 17.8 Å². The van der Waals surface area contributed by atoms with Gasteiger partial charge in [-0.2, -0.15) is 4.37 Å². The first-order valence-corrected chi connectivity index (χ1v) is 12.5. The monoisotopic (exact) mass is 468 g/mol. The molecule has 2 rings (SSSR count). The van der Waals surface area contributed by atoms with Crippen molar-refractivity contribution in [2.75, 3.05) is 26.7 Å². The van der Waals surface area contributed by atoms with Gasteiger partial charge in [-0.05, 0) is 27.2 Å². The third-order valence-corrected chi connectivity index (χ3v) is 5.98. The summed E-state index contributed by atoms with van der Waals surface area (Å²) in [7, 11) is 2.14. The molecule has 7 nitrogen and oxygen atoms in total. The van der Waals surface area contributed by atoms with E-state index < -0.39 is 11.8 Å². The number of hydrogen-bond donors (Lipinski definition) is 0. The fraction of sp³-hybridized carbons (Fsp3) is 0.792. The number of hydrogen-bond acceptors (Lipinski definition) is 7. The topological polar surface area (TPSA) is 70.5 Å². The second-order valence-corrected chi connectivity index (χ2v) is 11.5. The Labute approximate surface area is 198 Å². The van der Waals surface area contributed by atoms with Crippen LogP contribution >= 0.6 is 11.7 Å². The molecule has 0 amide bonds. The van der Waals surface area contributed by atoms with Gasteiger partial charge in [-0.3, -0.25) is 4.48 Å². The Bertz CT molecular complexity index is 779. The molecule has 32 heavy (non-hydrogen) atoms. The zero-order chi connectivity index (χ0) is 24.0. The van der Waals surface area contributed by atoms with Crippen molar-refractivity contribution in [3.8, 4) is 5.88 Å². The highest BCUT2D eigenvalue weighted by molar-refractivity contribution is 6.99. The molecule has 0 N–H and O–H groups in total. The molecule has 0 aliphatic carbocycles. The summed E-state index contributed by atoms with van der Waals surface area (Å²) in [6, 6.07) is 0. The molecule has 2 unspecified atom stereocenters. The predicted molar refractivity (Wildman–Crippen MR) is 129 cm³/mol. The summed E-state index contributed by atoms with van der Waals surface area (Å²) in [4.78, 5) is 12.5. The van der Waals surface area contributed by atoms with Crippen LogP contribution in [0.2, 0.25) is 0 Å². The lowest BCUT2D eigenvalue weighted by Crippen LogP contribution is -2.61. The van der Waals surface area contributed by atoms with Crippen LogP contribution < -0.4 is 4.74 Å². The van der Waals surface area contributed by atoms with Crippen LogP contribution in [0.3, 0.4) is 0 Å². The maximum atomic E-state index is 12.5. The Hall–Kier alpha value is -1.67. The zero-order valence-corrected chi connectivity index (χ0v) is 22.0. The Balaban J connectivity index is 2.15. The van der Waals surface area contributed by atoms with Gasteiger partial charge in [0.25, 0.3) is 5.88 Å². The number of aromatic nitrogens is 2. The van der Waals surface area contributed by atoms with Gasteiger partial charge in [-0.1, -0.05) is 53.0 Å². The van der Waals surface area contributed by atoms with E-state index in [0.717, 1.165) is 37.1 Å². The van der Waals surface area contributed by atoms with Crippen LogP contribution in [0.5, 0.6) is 5.88 Å². The summed E-state index contributed by atoms with van der Waals surface area (Å²) < 4.78 is 26.9. The third kappa shape index (κ3) is 7.73. The summed E-state index contributed by atoms with van der Waals surface area (Å²) in [5, 5.41) is 0. The first-order valence-electron chi connectivity index (χ1n) is 11.7. The van der Waals surface area contributed by atoms with E-state index in [1.807, 2.05) is 20.8 Å². The van der Waals surface area contributed by atoms with Gasteiger partial charge in [-0.15, -0.1) is 4.37 Å². The molecule has 0 bridgehead atoms. The number of quaternary nitrogens is 1. The first kappa shape index (κ1) is 26.6. The number of nitrogens with zero attached hydrogens (tertiary/aromatic N) is 3. The maximum absolute atomic E-state index is 12.5. The Morgan fingerprint density at radius 3 is 2.50 bits per heavy atom. The van der Waals surface area contributed by atoms with E-state index in [0.29, 0.717) is 23.5 Å². The average Bonchev–Trinajstić information content (AvgIpc) is 3.12. The highest BCUT2D eigenvalue weighted by Gasteiger charge is 2.47. The van der Waals surface area contributed by atoms with E-state index in [-0.39, 0.29) is 11.6 Å². The fourth-order valence-electron chi connectivity index (χ4n) is 4.21. The molecule has 1 aliphatic heterocycles. The number of rotatable bonds is 9. The highest BCUT2D eigenvalue weighted by atomic mass is 32.1. The van der Waals surface area contributed by atoms with Crippen molar-refractivity contribution in [1.82, 2.24) is 8.75 Å². The van der Waals surface area contributed by atoms with E-state index in [9.17, 15) is 4.79 Å². The predicted octanol–water partition coefficient (Wildman–Crippen LogP) is 6.05. The third-order valence-electron chi connectivity index (χ3n) is 5.47. The van der Waals surface area contributed by atoms with Crippen molar-refractivity contribution < 1.29 is 23.5 Å². The Kier molecular flexibility index (Phi) is 9.11. The zero-order valence-electron chi connectivity index (χ0n) is 21.2. The lowest BCUT2D eigenvalue weighted by atomic mass is 9.90. The molecule has 1 aromatic rings. The molecule has 1 aromatic heterocycles. The van der Waals surface area contributed by atoms with Crippen molar-refractivity contribution in [2.45, 2.75) is 92.4 Å². The molecule has 0 fully saturated rings. The van der Waals surface area contributed by atoms with Gasteiger partial charge >= 0.3 is 6.16 Å². The van der Waals surface area contributed by atoms with Crippen molar-refractivity contribution >= 4 is 23.5 Å². The first-order chi connectivity index (χ1) is 14.9. The lowest BCUT2D eigenvalue weighted by molar-refractivity contribution is -0.954. The molecule has 0 radical (unpaired) electrons. The Morgan fingerprint density at radius 2 is 1.88 bits per heavy atom. The van der Waals surface area contributed by atoms with Gasteiger partial charge in [0, 0.05) is 12.0 Å². The number of carbonyl (C=O) groups excluding carboxylic acids is 1. The van der Waals surface area contributed by atoms with Crippen LogP contribution in [-0.2, 0) is 9.47 Å². The number of unbranched alkanes of at least 4 members (excludes halogenated alkanes) is 3. The van der Waals surface area contributed by atoms with E-state index in [2.05, 4.69) is 49.6 Å². The van der Waals surface area contributed by atoms with Crippen LogP contribution in [0.25, 0.3) is 5.57 Å². The standard InChI is InChI=1S/C24H42N3O4S/c1-9-10-11-12-16-29-20-19(25-32-26-20)18-14-13-15-27(8,17-18)21(23(2,3)4)30-22(28)31-24(5,6)7/h14,21H,9-13,15-17H2,1-8H3/q+1. The van der Waals surface area contributed by atoms with E-state index in [1.165, 1.54) is 24.6 Å². The summed E-state index contributed by atoms with van der Waals surface area (Å²) in [5.74, 6) is 0.617. The van der Waals surface area contributed by atoms with Gasteiger partial charge in [-0.25, -0.2) is 4.79 Å². The number of ether oxygens (including phenoxy) is 3. The summed E-state index contributed by atoms with van der Waals surface area (Å²) in [6.45, 7) is 16.2. The summed E-state index contributed by atoms with van der Waals surface area (Å²) >= 11 is 1.18. The van der Waals surface area contributed by atoms with Gasteiger partial charge < -0.3 is 14.2 Å². The smallest absolute Gasteiger partial charge is 0.475 e. The normalized spacial score (nSPS) is 20.4. The molecule has 1 aliphatic rings. The van der Waals surface area contributed by atoms with Gasteiger partial charge in [0.2, 0.25) is 6.23 Å². The highest BCUT2D eigenvalue weighted by Crippen LogP contribution is 2.37. The molecule has 0 saturated heterocycles. The van der Waals surface area contributed by atoms with Crippen LogP contribution in [0.4, 0.5) is 4.79 Å². The molecule has 182 valence electrons. The minimum Gasteiger partial charge on any atom is -0.475 e. The number of likely N-dealkylation sites (N-methyl/N-ethyl adjacent to an activating group) is 1. The SMILES string of the molecule is CCCCCCOc1nsnc1C1=CCC[N+](C)(C(OC(=O)OC(C)(C)C)C(C)(C)C)C1. The van der Waals surface area contributed by atoms with E-state index in [4.69, 9.17) is 14.2 Å². The van der Waals surface area contributed by atoms with Crippen LogP contribution in [0.15, 0.2) is 6.08 Å². The molecule has 0 aromatic carbocycles. The molecule has 8 heteroatoms. The second-order valence-electron chi connectivity index (χ2n) is 11.0. The van der Waals surface area contributed by atoms with E-state index in [1.54, 1.807) is 0 Å². The molecule has 2 atom stereocenters. The number of carbonyl (C=O) groups is 1. The van der Waals surface area contributed by atoms with Crippen LogP contribution in [0.1, 0.15) is 86.3 Å². The minimum atomic E-state index is -0.626. The quantitative estimate of drug-likeness (QED) is 0.249.